The van der Waals surface area contributed by atoms with Gasteiger partial charge in [0.1, 0.15) is 11.6 Å². The van der Waals surface area contributed by atoms with Gasteiger partial charge >= 0.3 is 0 Å². The molecule has 1 N–H and O–H groups in total. The van der Waals surface area contributed by atoms with Crippen molar-refractivity contribution in [1.82, 2.24) is 15.0 Å². The summed E-state index contributed by atoms with van der Waals surface area (Å²) in [6.45, 7) is 4.97. The third kappa shape index (κ3) is 2.84. The van der Waals surface area contributed by atoms with Crippen LogP contribution in [0.15, 0.2) is 42.7 Å². The summed E-state index contributed by atoms with van der Waals surface area (Å²) in [5, 5.41) is 5.61. The van der Waals surface area contributed by atoms with Gasteiger partial charge in [-0.25, -0.2) is 9.97 Å². The van der Waals surface area contributed by atoms with Crippen LogP contribution in [0.4, 0.5) is 5.82 Å². The van der Waals surface area contributed by atoms with Gasteiger partial charge in [-0.1, -0.05) is 25.1 Å². The SMILES string of the molecule is CCCNc1cc(-c2cccc3cnccc23)nc(C)n1. The van der Waals surface area contributed by atoms with Crippen molar-refractivity contribution in [3.05, 3.63) is 48.5 Å². The van der Waals surface area contributed by atoms with Crippen molar-refractivity contribution in [2.45, 2.75) is 20.3 Å². The Morgan fingerprint density at radius 3 is 2.90 bits per heavy atom. The Morgan fingerprint density at radius 1 is 1.14 bits per heavy atom. The zero-order chi connectivity index (χ0) is 14.7. The fourth-order valence-corrected chi connectivity index (χ4v) is 2.40. The lowest BCUT2D eigenvalue weighted by atomic mass is 10.0. The first-order valence-corrected chi connectivity index (χ1v) is 7.20. The molecule has 0 amide bonds. The predicted octanol–water partition coefficient (Wildman–Crippen LogP) is 3.82. The Kier molecular flexibility index (Phi) is 3.77. The van der Waals surface area contributed by atoms with Crippen molar-refractivity contribution in [3.63, 3.8) is 0 Å². The molecule has 3 rings (SSSR count). The first kappa shape index (κ1) is 13.5. The molecule has 0 aliphatic carbocycles. The van der Waals surface area contributed by atoms with E-state index in [1.165, 1.54) is 0 Å². The summed E-state index contributed by atoms with van der Waals surface area (Å²) < 4.78 is 0. The average molecular weight is 278 g/mol. The number of rotatable bonds is 4. The number of fused-ring (bicyclic) bond motifs is 1. The molecule has 0 saturated carbocycles. The lowest BCUT2D eigenvalue weighted by Gasteiger charge is -2.10. The van der Waals surface area contributed by atoms with Crippen LogP contribution in [-0.2, 0) is 0 Å². The van der Waals surface area contributed by atoms with Gasteiger partial charge in [-0.2, -0.15) is 0 Å². The highest BCUT2D eigenvalue weighted by molar-refractivity contribution is 5.95. The summed E-state index contributed by atoms with van der Waals surface area (Å²) in [5.74, 6) is 1.66. The Morgan fingerprint density at radius 2 is 2.05 bits per heavy atom. The summed E-state index contributed by atoms with van der Waals surface area (Å²) in [5.41, 5.74) is 2.05. The molecule has 2 heterocycles. The number of aryl methyl sites for hydroxylation is 1. The Bertz CT molecular complexity index is 762. The molecular weight excluding hydrogens is 260 g/mol. The highest BCUT2D eigenvalue weighted by Crippen LogP contribution is 2.27. The lowest BCUT2D eigenvalue weighted by Crippen LogP contribution is -2.04. The molecule has 3 aromatic rings. The summed E-state index contributed by atoms with van der Waals surface area (Å²) in [4.78, 5) is 13.2. The van der Waals surface area contributed by atoms with Crippen molar-refractivity contribution in [1.29, 1.82) is 0 Å². The molecule has 0 radical (unpaired) electrons. The van der Waals surface area contributed by atoms with E-state index in [2.05, 4.69) is 39.3 Å². The number of anilines is 1. The molecule has 0 spiro atoms. The van der Waals surface area contributed by atoms with Crippen LogP contribution in [0.2, 0.25) is 0 Å². The molecule has 0 aliphatic rings. The molecule has 1 aromatic carbocycles. The van der Waals surface area contributed by atoms with Crippen LogP contribution in [0.25, 0.3) is 22.0 Å². The third-order valence-corrected chi connectivity index (χ3v) is 3.35. The molecule has 0 aliphatic heterocycles. The molecule has 0 atom stereocenters. The van der Waals surface area contributed by atoms with Crippen LogP contribution in [0.1, 0.15) is 19.2 Å². The predicted molar refractivity (Wildman–Crippen MR) is 86.3 cm³/mol. The molecule has 4 nitrogen and oxygen atoms in total. The van der Waals surface area contributed by atoms with Crippen molar-refractivity contribution in [2.24, 2.45) is 0 Å². The van der Waals surface area contributed by atoms with E-state index in [0.29, 0.717) is 0 Å². The molecule has 21 heavy (non-hydrogen) atoms. The van der Waals surface area contributed by atoms with Gasteiger partial charge in [0.15, 0.2) is 0 Å². The van der Waals surface area contributed by atoms with Crippen molar-refractivity contribution in [2.75, 3.05) is 11.9 Å². The smallest absolute Gasteiger partial charge is 0.130 e. The van der Waals surface area contributed by atoms with E-state index >= 15 is 0 Å². The maximum Gasteiger partial charge on any atom is 0.130 e. The summed E-state index contributed by atoms with van der Waals surface area (Å²) in [6.07, 6.45) is 4.76. The number of nitrogens with zero attached hydrogens (tertiary/aromatic N) is 3. The van der Waals surface area contributed by atoms with Crippen LogP contribution in [0.5, 0.6) is 0 Å². The maximum absolute atomic E-state index is 4.59. The van der Waals surface area contributed by atoms with E-state index in [0.717, 1.165) is 46.6 Å². The van der Waals surface area contributed by atoms with Gasteiger partial charge in [0.05, 0.1) is 5.69 Å². The molecular formula is C17H18N4. The van der Waals surface area contributed by atoms with Crippen LogP contribution >= 0.6 is 0 Å². The molecule has 2 aromatic heterocycles. The first-order valence-electron chi connectivity index (χ1n) is 7.20. The Balaban J connectivity index is 2.12. The summed E-state index contributed by atoms with van der Waals surface area (Å²) in [6, 6.07) is 10.2. The monoisotopic (exact) mass is 278 g/mol. The number of pyridine rings is 1. The zero-order valence-electron chi connectivity index (χ0n) is 12.3. The van der Waals surface area contributed by atoms with Crippen molar-refractivity contribution in [3.8, 4) is 11.3 Å². The topological polar surface area (TPSA) is 50.7 Å². The second-order valence-electron chi connectivity index (χ2n) is 5.01. The molecule has 106 valence electrons. The highest BCUT2D eigenvalue weighted by atomic mass is 15.0. The van der Waals surface area contributed by atoms with Crippen LogP contribution in [-0.4, -0.2) is 21.5 Å². The van der Waals surface area contributed by atoms with Crippen molar-refractivity contribution >= 4 is 16.6 Å². The minimum Gasteiger partial charge on any atom is -0.370 e. The minimum absolute atomic E-state index is 0.775. The second kappa shape index (κ2) is 5.87. The van der Waals surface area contributed by atoms with Gasteiger partial charge in [-0.3, -0.25) is 4.98 Å². The fraction of sp³-hybridized carbons (Fsp3) is 0.235. The molecule has 0 bridgehead atoms. The summed E-state index contributed by atoms with van der Waals surface area (Å²) in [7, 11) is 0. The fourth-order valence-electron chi connectivity index (χ4n) is 2.40. The quantitative estimate of drug-likeness (QED) is 0.788. The van der Waals surface area contributed by atoms with E-state index in [-0.39, 0.29) is 0 Å². The largest absolute Gasteiger partial charge is 0.370 e. The van der Waals surface area contributed by atoms with Crippen molar-refractivity contribution < 1.29 is 0 Å². The average Bonchev–Trinajstić information content (AvgIpc) is 2.52. The zero-order valence-corrected chi connectivity index (χ0v) is 12.3. The van der Waals surface area contributed by atoms with Gasteiger partial charge in [0.25, 0.3) is 0 Å². The van der Waals surface area contributed by atoms with E-state index < -0.39 is 0 Å². The Hall–Kier alpha value is -2.49. The maximum atomic E-state index is 4.59. The van der Waals surface area contributed by atoms with Crippen LogP contribution in [0.3, 0.4) is 0 Å². The number of hydrogen-bond acceptors (Lipinski definition) is 4. The van der Waals surface area contributed by atoms with Crippen LogP contribution in [0, 0.1) is 6.92 Å². The van der Waals surface area contributed by atoms with Gasteiger partial charge in [0.2, 0.25) is 0 Å². The standard InChI is InChI=1S/C17H18N4/c1-3-8-19-17-10-16(20-12(2)21-17)15-6-4-5-13-11-18-9-7-14(13)15/h4-7,9-11H,3,8H2,1-2H3,(H,19,20,21). The molecule has 0 unspecified atom stereocenters. The van der Waals surface area contributed by atoms with Gasteiger partial charge in [0, 0.05) is 36.0 Å². The van der Waals surface area contributed by atoms with Gasteiger partial charge in [-0.15, -0.1) is 0 Å². The van der Waals surface area contributed by atoms with E-state index in [1.54, 1.807) is 0 Å². The lowest BCUT2D eigenvalue weighted by molar-refractivity contribution is 0.955. The highest BCUT2D eigenvalue weighted by Gasteiger charge is 2.07. The van der Waals surface area contributed by atoms with E-state index in [1.807, 2.05) is 37.5 Å². The Labute approximate surface area is 124 Å². The second-order valence-corrected chi connectivity index (χ2v) is 5.01. The van der Waals surface area contributed by atoms with Gasteiger partial charge < -0.3 is 5.32 Å². The number of benzene rings is 1. The summed E-state index contributed by atoms with van der Waals surface area (Å²) >= 11 is 0. The van der Waals surface area contributed by atoms with E-state index in [9.17, 15) is 0 Å². The number of hydrogen-bond donors (Lipinski definition) is 1. The minimum atomic E-state index is 0.775. The molecule has 0 fully saturated rings. The third-order valence-electron chi connectivity index (χ3n) is 3.35. The number of nitrogens with one attached hydrogen (secondary N) is 1. The molecule has 0 saturated heterocycles. The number of aromatic nitrogens is 3. The first-order chi connectivity index (χ1) is 10.3. The molecule has 4 heteroatoms. The normalized spacial score (nSPS) is 10.8. The van der Waals surface area contributed by atoms with Gasteiger partial charge in [-0.05, 0) is 24.8 Å². The van der Waals surface area contributed by atoms with Crippen LogP contribution < -0.4 is 5.32 Å². The van der Waals surface area contributed by atoms with E-state index in [4.69, 9.17) is 0 Å².